The Hall–Kier alpha value is -1.95. The minimum atomic E-state index is -4.93. The highest BCUT2D eigenvalue weighted by molar-refractivity contribution is 7.51. The van der Waals surface area contributed by atoms with E-state index in [2.05, 4.69) is 4.90 Å². The van der Waals surface area contributed by atoms with Crippen LogP contribution in [0.5, 0.6) is 0 Å². The minimum Gasteiger partial charge on any atom is -0.375 e. The molecule has 0 bridgehead atoms. The van der Waals surface area contributed by atoms with E-state index in [-0.39, 0.29) is 37.0 Å². The Morgan fingerprint density at radius 1 is 0.889 bits per heavy atom. The molecular formula is C23H27F6N2O4P. The molecule has 0 aromatic heterocycles. The summed E-state index contributed by atoms with van der Waals surface area (Å²) in [6, 6.07) is 10.3. The zero-order valence-electron chi connectivity index (χ0n) is 19.2. The third kappa shape index (κ3) is 8.57. The largest absolute Gasteiger partial charge is 0.416 e. The van der Waals surface area contributed by atoms with E-state index in [1.54, 1.807) is 0 Å². The third-order valence-electron chi connectivity index (χ3n) is 5.93. The number of nitrogens with zero attached hydrogens (tertiary/aromatic N) is 2. The van der Waals surface area contributed by atoms with Gasteiger partial charge < -0.3 is 19.4 Å². The molecule has 36 heavy (non-hydrogen) atoms. The summed E-state index contributed by atoms with van der Waals surface area (Å²) in [5.41, 5.74) is -2.13. The van der Waals surface area contributed by atoms with E-state index in [0.717, 1.165) is 5.56 Å². The summed E-state index contributed by atoms with van der Waals surface area (Å²) in [5.74, 6) is 0. The molecule has 2 aromatic carbocycles. The highest BCUT2D eigenvalue weighted by Crippen LogP contribution is 2.37. The summed E-state index contributed by atoms with van der Waals surface area (Å²) in [5, 5.41) is 0. The monoisotopic (exact) mass is 540 g/mol. The summed E-state index contributed by atoms with van der Waals surface area (Å²) >= 11 is 0. The summed E-state index contributed by atoms with van der Waals surface area (Å²) in [4.78, 5) is 22.2. The van der Waals surface area contributed by atoms with Crippen LogP contribution in [0.1, 0.15) is 28.3 Å². The van der Waals surface area contributed by atoms with Crippen LogP contribution >= 0.6 is 7.60 Å². The molecule has 2 aromatic rings. The molecule has 1 heterocycles. The number of hydrogen-bond acceptors (Lipinski definition) is 4. The van der Waals surface area contributed by atoms with Gasteiger partial charge in [0.15, 0.2) is 0 Å². The smallest absolute Gasteiger partial charge is 0.375 e. The van der Waals surface area contributed by atoms with Gasteiger partial charge in [0, 0.05) is 32.7 Å². The van der Waals surface area contributed by atoms with Crippen LogP contribution < -0.4 is 0 Å². The number of halogens is 6. The molecule has 13 heteroatoms. The van der Waals surface area contributed by atoms with Crippen LogP contribution in [-0.2, 0) is 28.3 Å². The number of alkyl halides is 6. The van der Waals surface area contributed by atoms with E-state index in [4.69, 9.17) is 14.5 Å². The van der Waals surface area contributed by atoms with Crippen molar-refractivity contribution in [3.8, 4) is 0 Å². The number of hydrogen-bond donors (Lipinski definition) is 2. The van der Waals surface area contributed by atoms with Crippen LogP contribution in [0.25, 0.3) is 0 Å². The summed E-state index contributed by atoms with van der Waals surface area (Å²) in [7, 11) is -4.10. The number of benzene rings is 2. The van der Waals surface area contributed by atoms with Crippen LogP contribution in [0.15, 0.2) is 48.5 Å². The van der Waals surface area contributed by atoms with Crippen LogP contribution in [-0.4, -0.2) is 65.1 Å². The minimum absolute atomic E-state index is 0.0318. The topological polar surface area (TPSA) is 73.2 Å². The lowest BCUT2D eigenvalue weighted by Crippen LogP contribution is -2.49. The van der Waals surface area contributed by atoms with Gasteiger partial charge in [-0.2, -0.15) is 26.3 Å². The zero-order chi connectivity index (χ0) is 26.6. The normalized spacial score (nSPS) is 17.3. The first-order chi connectivity index (χ1) is 16.7. The maximum atomic E-state index is 13.1. The molecule has 0 radical (unpaired) electrons. The second-order valence-electron chi connectivity index (χ2n) is 8.62. The van der Waals surface area contributed by atoms with Gasteiger partial charge in [-0.1, -0.05) is 30.3 Å². The molecule has 1 aliphatic rings. The molecule has 3 rings (SSSR count). The lowest BCUT2D eigenvalue weighted by atomic mass is 10.0. The average molecular weight is 540 g/mol. The van der Waals surface area contributed by atoms with Crippen molar-refractivity contribution in [2.24, 2.45) is 0 Å². The first kappa shape index (κ1) is 28.6. The van der Waals surface area contributed by atoms with E-state index in [0.29, 0.717) is 38.3 Å². The number of piperazine rings is 1. The van der Waals surface area contributed by atoms with Crippen LogP contribution in [0, 0.1) is 0 Å². The van der Waals surface area contributed by atoms with Gasteiger partial charge in [0.05, 0.1) is 36.5 Å². The Labute approximate surface area is 204 Å². The van der Waals surface area contributed by atoms with E-state index in [1.165, 1.54) is 0 Å². The standard InChI is InChI=1S/C23H27F6N2O4P/c24-22(25,26)19-12-17(13-20(14-19)23(27,28)29)15-35-16-21(18-4-2-1-3-5-18)31-8-6-30(7-9-31)10-11-36(32,33)34/h1-5,12-14,21H,6-11,15-16H2,(H2,32,33,34). The Morgan fingerprint density at radius 3 is 1.94 bits per heavy atom. The van der Waals surface area contributed by atoms with Gasteiger partial charge in [0.2, 0.25) is 0 Å². The van der Waals surface area contributed by atoms with Crippen molar-refractivity contribution in [3.63, 3.8) is 0 Å². The van der Waals surface area contributed by atoms with Crippen LogP contribution in [0.4, 0.5) is 26.3 Å². The Bertz CT molecular complexity index is 1000. The maximum Gasteiger partial charge on any atom is 0.416 e. The van der Waals surface area contributed by atoms with Crippen molar-refractivity contribution >= 4 is 7.60 Å². The van der Waals surface area contributed by atoms with Gasteiger partial charge in [-0.15, -0.1) is 0 Å². The van der Waals surface area contributed by atoms with E-state index < -0.39 is 37.7 Å². The lowest BCUT2D eigenvalue weighted by Gasteiger charge is -2.39. The Morgan fingerprint density at radius 2 is 1.44 bits per heavy atom. The molecule has 0 saturated carbocycles. The highest BCUT2D eigenvalue weighted by atomic mass is 31.2. The molecule has 0 aliphatic carbocycles. The number of rotatable bonds is 9. The molecule has 200 valence electrons. The predicted molar refractivity (Wildman–Crippen MR) is 120 cm³/mol. The van der Waals surface area contributed by atoms with Gasteiger partial charge in [-0.05, 0) is 29.3 Å². The Balaban J connectivity index is 1.69. The Kier molecular flexibility index (Phi) is 9.24. The van der Waals surface area contributed by atoms with Gasteiger partial charge in [0.1, 0.15) is 0 Å². The summed E-state index contributed by atoms with van der Waals surface area (Å²) in [6.45, 7) is 2.04. The number of ether oxygens (including phenoxy) is 1. The second-order valence-corrected chi connectivity index (χ2v) is 10.4. The van der Waals surface area contributed by atoms with Gasteiger partial charge in [-0.3, -0.25) is 9.46 Å². The van der Waals surface area contributed by atoms with Crippen molar-refractivity contribution in [2.45, 2.75) is 25.0 Å². The van der Waals surface area contributed by atoms with Gasteiger partial charge >= 0.3 is 19.9 Å². The summed E-state index contributed by atoms with van der Waals surface area (Å²) in [6.07, 6.45) is -10.1. The average Bonchev–Trinajstić information content (AvgIpc) is 2.80. The molecule has 1 atom stereocenters. The van der Waals surface area contributed by atoms with E-state index in [1.807, 2.05) is 35.2 Å². The van der Waals surface area contributed by atoms with Gasteiger partial charge in [-0.25, -0.2) is 0 Å². The fourth-order valence-corrected chi connectivity index (χ4v) is 4.59. The third-order valence-corrected chi connectivity index (χ3v) is 6.71. The second kappa shape index (κ2) is 11.6. The van der Waals surface area contributed by atoms with Crippen molar-refractivity contribution < 1.29 is 45.4 Å². The summed E-state index contributed by atoms with van der Waals surface area (Å²) < 4.78 is 95.6. The molecule has 1 unspecified atom stereocenters. The first-order valence-corrected chi connectivity index (χ1v) is 12.9. The van der Waals surface area contributed by atoms with Crippen molar-refractivity contribution in [2.75, 3.05) is 45.5 Å². The van der Waals surface area contributed by atoms with Crippen molar-refractivity contribution in [1.82, 2.24) is 9.80 Å². The molecule has 1 saturated heterocycles. The fraction of sp³-hybridized carbons (Fsp3) is 0.478. The quantitative estimate of drug-likeness (QED) is 0.353. The molecule has 0 amide bonds. The van der Waals surface area contributed by atoms with Crippen molar-refractivity contribution in [3.05, 3.63) is 70.8 Å². The van der Waals surface area contributed by atoms with Gasteiger partial charge in [0.25, 0.3) is 0 Å². The highest BCUT2D eigenvalue weighted by Gasteiger charge is 2.37. The maximum absolute atomic E-state index is 13.1. The lowest BCUT2D eigenvalue weighted by molar-refractivity contribution is -0.143. The predicted octanol–water partition coefficient (Wildman–Crippen LogP) is 4.78. The van der Waals surface area contributed by atoms with E-state index in [9.17, 15) is 30.9 Å². The molecule has 2 N–H and O–H groups in total. The molecule has 0 spiro atoms. The molecular weight excluding hydrogens is 513 g/mol. The SMILES string of the molecule is O=P(O)(O)CCN1CCN(C(COCc2cc(C(F)(F)F)cc(C(F)(F)F)c2)c2ccccc2)CC1. The fourth-order valence-electron chi connectivity index (χ4n) is 4.05. The first-order valence-electron chi connectivity index (χ1n) is 11.1. The van der Waals surface area contributed by atoms with Crippen LogP contribution in [0.3, 0.4) is 0 Å². The zero-order valence-corrected chi connectivity index (χ0v) is 20.1. The molecule has 1 fully saturated rings. The van der Waals surface area contributed by atoms with E-state index >= 15 is 0 Å². The van der Waals surface area contributed by atoms with Crippen LogP contribution in [0.2, 0.25) is 0 Å². The van der Waals surface area contributed by atoms with Crippen molar-refractivity contribution in [1.29, 1.82) is 0 Å². The molecule has 1 aliphatic heterocycles. The molecule has 6 nitrogen and oxygen atoms in total.